The molecule has 0 spiro atoms. The van der Waals surface area contributed by atoms with Crippen molar-refractivity contribution in [2.75, 3.05) is 26.4 Å². The van der Waals surface area contributed by atoms with E-state index < -0.39 is 12.2 Å². The fourth-order valence-electron chi connectivity index (χ4n) is 3.48. The van der Waals surface area contributed by atoms with Gasteiger partial charge in [0.05, 0.1) is 26.4 Å². The van der Waals surface area contributed by atoms with E-state index in [-0.39, 0.29) is 26.4 Å². The van der Waals surface area contributed by atoms with E-state index >= 15 is 0 Å². The molecular formula is C28H58O5. The molecule has 2 atom stereocenters. The van der Waals surface area contributed by atoms with Gasteiger partial charge in [0.2, 0.25) is 0 Å². The van der Waals surface area contributed by atoms with Gasteiger partial charge in [0.25, 0.3) is 0 Å². The van der Waals surface area contributed by atoms with Crippen molar-refractivity contribution in [3.63, 3.8) is 0 Å². The second kappa shape index (κ2) is 31.5. The van der Waals surface area contributed by atoms with Crippen LogP contribution >= 0.6 is 0 Å². The molecule has 0 rings (SSSR count). The molecule has 0 aliphatic heterocycles. The average Bonchev–Trinajstić information content (AvgIpc) is 2.83. The van der Waals surface area contributed by atoms with Crippen LogP contribution in [0.3, 0.4) is 0 Å². The lowest BCUT2D eigenvalue weighted by atomic mass is 10.0. The topological polar surface area (TPSA) is 90.2 Å². The Hall–Kier alpha value is -0.460. The summed E-state index contributed by atoms with van der Waals surface area (Å²) >= 11 is 0. The van der Waals surface area contributed by atoms with E-state index in [1.165, 1.54) is 116 Å². The molecule has 0 radical (unpaired) electrons. The Labute approximate surface area is 205 Å². The zero-order valence-corrected chi connectivity index (χ0v) is 22.1. The Morgan fingerprint density at radius 1 is 0.515 bits per heavy atom. The van der Waals surface area contributed by atoms with Crippen molar-refractivity contribution in [3.05, 3.63) is 12.2 Å². The third kappa shape index (κ3) is 33.8. The van der Waals surface area contributed by atoms with Gasteiger partial charge in [0.1, 0.15) is 12.2 Å². The molecule has 0 aliphatic carbocycles. The van der Waals surface area contributed by atoms with Crippen LogP contribution in [0, 0.1) is 0 Å². The monoisotopic (exact) mass is 474 g/mol. The van der Waals surface area contributed by atoms with E-state index in [9.17, 15) is 0 Å². The van der Waals surface area contributed by atoms with Crippen LogP contribution in [0.5, 0.6) is 0 Å². The standard InChI is InChI=1S/C22H44.C6H14O5/c1-3-5-7-9-11-13-15-17-19-21-22-20-18-16-14-12-10-8-6-4-2;7-1-5(9)3-11-4-6(10)2-8/h7,9H,3-6,8,10-22H2,1-2H3;5-10H,1-4H2. The van der Waals surface area contributed by atoms with Crippen molar-refractivity contribution in [2.45, 2.75) is 142 Å². The summed E-state index contributed by atoms with van der Waals surface area (Å²) < 4.78 is 4.72. The Bertz CT molecular complexity index is 352. The third-order valence-electron chi connectivity index (χ3n) is 5.64. The fourth-order valence-corrected chi connectivity index (χ4v) is 3.48. The minimum atomic E-state index is -0.916. The molecule has 0 aliphatic rings. The summed E-state index contributed by atoms with van der Waals surface area (Å²) in [4.78, 5) is 0. The number of unbranched alkanes of at least 4 members (excludes halogenated alkanes) is 16. The molecule has 5 nitrogen and oxygen atoms in total. The SMILES string of the molecule is CCCC=CCCCCCCCCCCCCCCCCC.OCC(O)COCC(O)CO. The van der Waals surface area contributed by atoms with Gasteiger partial charge in [-0.3, -0.25) is 0 Å². The van der Waals surface area contributed by atoms with E-state index in [0.29, 0.717) is 0 Å². The van der Waals surface area contributed by atoms with E-state index in [0.717, 1.165) is 0 Å². The maximum absolute atomic E-state index is 8.72. The average molecular weight is 475 g/mol. The summed E-state index contributed by atoms with van der Waals surface area (Å²) in [5.41, 5.74) is 0. The second-order valence-corrected chi connectivity index (χ2v) is 9.21. The minimum Gasteiger partial charge on any atom is -0.394 e. The van der Waals surface area contributed by atoms with Crippen molar-refractivity contribution < 1.29 is 25.2 Å². The number of hydrogen-bond donors (Lipinski definition) is 4. The largest absolute Gasteiger partial charge is 0.394 e. The van der Waals surface area contributed by atoms with Gasteiger partial charge in [-0.15, -0.1) is 0 Å². The molecule has 5 heteroatoms. The molecular weight excluding hydrogens is 416 g/mol. The number of rotatable bonds is 24. The quantitative estimate of drug-likeness (QED) is 0.0971. The number of aliphatic hydroxyl groups is 4. The summed E-state index contributed by atoms with van der Waals surface area (Å²) in [5, 5.41) is 34.1. The van der Waals surface area contributed by atoms with Crippen LogP contribution in [-0.4, -0.2) is 59.1 Å². The molecule has 0 aromatic rings. The van der Waals surface area contributed by atoms with E-state index in [2.05, 4.69) is 26.0 Å². The smallest absolute Gasteiger partial charge is 0.100 e. The molecule has 0 amide bonds. The molecule has 2 unspecified atom stereocenters. The van der Waals surface area contributed by atoms with Crippen LogP contribution < -0.4 is 0 Å². The van der Waals surface area contributed by atoms with Gasteiger partial charge in [-0.1, -0.05) is 122 Å². The molecule has 0 saturated carbocycles. The first kappa shape index (κ1) is 34.7. The van der Waals surface area contributed by atoms with Crippen molar-refractivity contribution in [1.29, 1.82) is 0 Å². The maximum Gasteiger partial charge on any atom is 0.100 e. The van der Waals surface area contributed by atoms with Gasteiger partial charge in [-0.05, 0) is 19.3 Å². The Morgan fingerprint density at radius 2 is 0.879 bits per heavy atom. The normalized spacial score (nSPS) is 13.2. The highest BCUT2D eigenvalue weighted by atomic mass is 16.5. The first-order valence-corrected chi connectivity index (χ1v) is 13.9. The number of allylic oxidation sites excluding steroid dienone is 2. The molecule has 200 valence electrons. The molecule has 0 bridgehead atoms. The van der Waals surface area contributed by atoms with Gasteiger partial charge in [0.15, 0.2) is 0 Å². The predicted octanol–water partition coefficient (Wildman–Crippen LogP) is 6.31. The highest BCUT2D eigenvalue weighted by Gasteiger charge is 2.05. The zero-order valence-electron chi connectivity index (χ0n) is 22.1. The molecule has 0 aromatic heterocycles. The van der Waals surface area contributed by atoms with E-state index in [1.807, 2.05) is 0 Å². The lowest BCUT2D eigenvalue weighted by Crippen LogP contribution is -2.25. The molecule has 0 saturated heterocycles. The van der Waals surface area contributed by atoms with Gasteiger partial charge >= 0.3 is 0 Å². The molecule has 4 N–H and O–H groups in total. The third-order valence-corrected chi connectivity index (χ3v) is 5.64. The van der Waals surface area contributed by atoms with Crippen molar-refractivity contribution >= 4 is 0 Å². The Balaban J connectivity index is 0. The van der Waals surface area contributed by atoms with Crippen molar-refractivity contribution in [3.8, 4) is 0 Å². The van der Waals surface area contributed by atoms with Gasteiger partial charge in [-0.2, -0.15) is 0 Å². The van der Waals surface area contributed by atoms with Gasteiger partial charge in [0, 0.05) is 0 Å². The van der Waals surface area contributed by atoms with Crippen LogP contribution in [0.15, 0.2) is 12.2 Å². The van der Waals surface area contributed by atoms with Crippen LogP contribution in [0.4, 0.5) is 0 Å². The summed E-state index contributed by atoms with van der Waals surface area (Å²) in [7, 11) is 0. The first-order valence-electron chi connectivity index (χ1n) is 13.9. The summed E-state index contributed by atoms with van der Waals surface area (Å²) in [6, 6.07) is 0. The summed E-state index contributed by atoms with van der Waals surface area (Å²) in [5.74, 6) is 0. The highest BCUT2D eigenvalue weighted by molar-refractivity contribution is 4.80. The number of ether oxygens (including phenoxy) is 1. The maximum atomic E-state index is 8.72. The molecule has 0 heterocycles. The van der Waals surface area contributed by atoms with E-state index in [1.54, 1.807) is 0 Å². The Morgan fingerprint density at radius 3 is 1.24 bits per heavy atom. The highest BCUT2D eigenvalue weighted by Crippen LogP contribution is 2.13. The van der Waals surface area contributed by atoms with Crippen LogP contribution in [0.1, 0.15) is 129 Å². The van der Waals surface area contributed by atoms with Gasteiger partial charge < -0.3 is 25.2 Å². The van der Waals surface area contributed by atoms with Crippen molar-refractivity contribution in [2.24, 2.45) is 0 Å². The molecule has 0 fully saturated rings. The van der Waals surface area contributed by atoms with Crippen LogP contribution in [-0.2, 0) is 4.74 Å². The number of hydrogen-bond acceptors (Lipinski definition) is 5. The summed E-state index contributed by atoms with van der Waals surface area (Å²) in [6.45, 7) is 3.74. The van der Waals surface area contributed by atoms with E-state index in [4.69, 9.17) is 25.2 Å². The summed E-state index contributed by atoms with van der Waals surface area (Å²) in [6.07, 6.45) is 28.6. The van der Waals surface area contributed by atoms with Crippen LogP contribution in [0.25, 0.3) is 0 Å². The minimum absolute atomic E-state index is 0.0342. The molecule has 0 aromatic carbocycles. The van der Waals surface area contributed by atoms with Crippen LogP contribution in [0.2, 0.25) is 0 Å². The lowest BCUT2D eigenvalue weighted by Gasteiger charge is -2.10. The Kier molecular flexibility index (Phi) is 33.2. The number of aliphatic hydroxyl groups excluding tert-OH is 4. The van der Waals surface area contributed by atoms with Gasteiger partial charge in [-0.25, -0.2) is 0 Å². The molecule has 33 heavy (non-hydrogen) atoms. The first-order chi connectivity index (χ1) is 16.1. The fraction of sp³-hybridized carbons (Fsp3) is 0.929. The second-order valence-electron chi connectivity index (χ2n) is 9.21. The zero-order chi connectivity index (χ0) is 24.8. The lowest BCUT2D eigenvalue weighted by molar-refractivity contribution is -0.0364. The van der Waals surface area contributed by atoms with Crippen molar-refractivity contribution in [1.82, 2.24) is 0 Å². The predicted molar refractivity (Wildman–Crippen MR) is 141 cm³/mol.